The fraction of sp³-hybridized carbons (Fsp3) is 0.0500. The summed E-state index contributed by atoms with van der Waals surface area (Å²) >= 11 is 1.68. The van der Waals surface area contributed by atoms with Crippen LogP contribution in [0.2, 0.25) is 0 Å². The van der Waals surface area contributed by atoms with Crippen molar-refractivity contribution in [2.75, 3.05) is 5.32 Å². The number of fused-ring (bicyclic) bond motifs is 1. The van der Waals surface area contributed by atoms with Crippen LogP contribution in [0, 0.1) is 6.92 Å². The lowest BCUT2D eigenvalue weighted by Crippen LogP contribution is -2.11. The summed E-state index contributed by atoms with van der Waals surface area (Å²) < 4.78 is 1.17. The summed E-state index contributed by atoms with van der Waals surface area (Å²) in [5.41, 5.74) is 4.53. The van der Waals surface area contributed by atoms with Crippen molar-refractivity contribution in [1.82, 2.24) is 9.97 Å². The zero-order chi connectivity index (χ0) is 17.2. The Labute approximate surface area is 149 Å². The average Bonchev–Trinajstić information content (AvgIpc) is 3.06. The normalized spacial score (nSPS) is 10.8. The maximum atomic E-state index is 12.2. The molecule has 4 rings (SSSR count). The number of carbonyl (C=O) groups excluding carboxylic acids is 1. The van der Waals surface area contributed by atoms with Gasteiger partial charge in [-0.2, -0.15) is 0 Å². The van der Waals surface area contributed by atoms with E-state index in [1.165, 1.54) is 4.70 Å². The SMILES string of the molecule is Cc1cc(NC(=O)c2ccncc2)ccc1-c1nc2ccccc2s1. The molecule has 0 atom stereocenters. The number of aromatic nitrogens is 2. The summed E-state index contributed by atoms with van der Waals surface area (Å²) in [5, 5.41) is 3.91. The molecule has 122 valence electrons. The van der Waals surface area contributed by atoms with Crippen LogP contribution in [-0.2, 0) is 0 Å². The van der Waals surface area contributed by atoms with Crippen LogP contribution in [0.25, 0.3) is 20.8 Å². The molecule has 5 heteroatoms. The van der Waals surface area contributed by atoms with E-state index in [4.69, 9.17) is 4.98 Å². The molecule has 25 heavy (non-hydrogen) atoms. The molecular formula is C20H15N3OS. The van der Waals surface area contributed by atoms with Gasteiger partial charge >= 0.3 is 0 Å². The number of hydrogen-bond acceptors (Lipinski definition) is 4. The van der Waals surface area contributed by atoms with Crippen LogP contribution in [0.15, 0.2) is 67.0 Å². The second-order valence-corrected chi connectivity index (χ2v) is 6.74. The molecule has 1 amide bonds. The van der Waals surface area contributed by atoms with Gasteiger partial charge in [0.25, 0.3) is 5.91 Å². The van der Waals surface area contributed by atoms with E-state index in [0.29, 0.717) is 5.56 Å². The van der Waals surface area contributed by atoms with Crippen molar-refractivity contribution < 1.29 is 4.79 Å². The second kappa shape index (κ2) is 6.45. The summed E-state index contributed by atoms with van der Waals surface area (Å²) in [5.74, 6) is -0.144. The first-order chi connectivity index (χ1) is 12.2. The summed E-state index contributed by atoms with van der Waals surface area (Å²) in [6, 6.07) is 17.4. The van der Waals surface area contributed by atoms with E-state index in [0.717, 1.165) is 27.3 Å². The lowest BCUT2D eigenvalue weighted by molar-refractivity contribution is 0.102. The molecule has 0 saturated carbocycles. The zero-order valence-corrected chi connectivity index (χ0v) is 14.4. The number of pyridine rings is 1. The van der Waals surface area contributed by atoms with Crippen LogP contribution in [0.1, 0.15) is 15.9 Å². The van der Waals surface area contributed by atoms with E-state index >= 15 is 0 Å². The van der Waals surface area contributed by atoms with E-state index in [-0.39, 0.29) is 5.91 Å². The highest BCUT2D eigenvalue weighted by atomic mass is 32.1. The quantitative estimate of drug-likeness (QED) is 0.573. The van der Waals surface area contributed by atoms with Gasteiger partial charge in [0.15, 0.2) is 0 Å². The Bertz CT molecular complexity index is 1020. The largest absolute Gasteiger partial charge is 0.322 e. The first-order valence-corrected chi connectivity index (χ1v) is 8.70. The smallest absolute Gasteiger partial charge is 0.255 e. The third-order valence-electron chi connectivity index (χ3n) is 3.95. The fourth-order valence-corrected chi connectivity index (χ4v) is 3.73. The average molecular weight is 345 g/mol. The van der Waals surface area contributed by atoms with Crippen molar-refractivity contribution in [3.8, 4) is 10.6 Å². The molecule has 2 heterocycles. The van der Waals surface area contributed by atoms with Gasteiger partial charge < -0.3 is 5.32 Å². The van der Waals surface area contributed by atoms with Gasteiger partial charge in [-0.1, -0.05) is 12.1 Å². The molecule has 0 radical (unpaired) electrons. The van der Waals surface area contributed by atoms with Crippen LogP contribution in [0.5, 0.6) is 0 Å². The number of aryl methyl sites for hydroxylation is 1. The molecule has 4 nitrogen and oxygen atoms in total. The maximum Gasteiger partial charge on any atom is 0.255 e. The minimum Gasteiger partial charge on any atom is -0.322 e. The summed E-state index contributed by atoms with van der Waals surface area (Å²) in [6.07, 6.45) is 3.22. The van der Waals surface area contributed by atoms with Gasteiger partial charge in [-0.05, 0) is 55.0 Å². The number of carbonyl (C=O) groups is 1. The predicted octanol–water partition coefficient (Wildman–Crippen LogP) is 4.92. The molecule has 2 aromatic heterocycles. The predicted molar refractivity (Wildman–Crippen MR) is 102 cm³/mol. The number of benzene rings is 2. The van der Waals surface area contributed by atoms with Crippen LogP contribution >= 0.6 is 11.3 Å². The van der Waals surface area contributed by atoms with Gasteiger partial charge in [0.2, 0.25) is 0 Å². The number of nitrogens with one attached hydrogen (secondary N) is 1. The van der Waals surface area contributed by atoms with Crippen molar-refractivity contribution in [2.24, 2.45) is 0 Å². The van der Waals surface area contributed by atoms with E-state index in [1.54, 1.807) is 35.9 Å². The number of anilines is 1. The van der Waals surface area contributed by atoms with Gasteiger partial charge in [0, 0.05) is 29.2 Å². The van der Waals surface area contributed by atoms with Gasteiger partial charge in [-0.3, -0.25) is 9.78 Å². The lowest BCUT2D eigenvalue weighted by Gasteiger charge is -2.08. The van der Waals surface area contributed by atoms with Crippen molar-refractivity contribution in [2.45, 2.75) is 6.92 Å². The van der Waals surface area contributed by atoms with Crippen LogP contribution in [0.4, 0.5) is 5.69 Å². The molecule has 2 aromatic carbocycles. The molecule has 0 aliphatic carbocycles. The second-order valence-electron chi connectivity index (χ2n) is 5.71. The Morgan fingerprint density at radius 3 is 2.60 bits per heavy atom. The molecule has 1 N–H and O–H groups in total. The van der Waals surface area contributed by atoms with E-state index in [2.05, 4.69) is 16.4 Å². The maximum absolute atomic E-state index is 12.2. The monoisotopic (exact) mass is 345 g/mol. The molecule has 4 aromatic rings. The molecule has 0 aliphatic rings. The first kappa shape index (κ1) is 15.5. The van der Waals surface area contributed by atoms with Crippen LogP contribution < -0.4 is 5.32 Å². The van der Waals surface area contributed by atoms with E-state index in [9.17, 15) is 4.79 Å². The van der Waals surface area contributed by atoms with E-state index in [1.807, 2.05) is 43.3 Å². The molecule has 0 saturated heterocycles. The number of para-hydroxylation sites is 1. The number of thiazole rings is 1. The number of nitrogens with zero attached hydrogens (tertiary/aromatic N) is 2. The zero-order valence-electron chi connectivity index (χ0n) is 13.6. The summed E-state index contributed by atoms with van der Waals surface area (Å²) in [6.45, 7) is 2.03. The summed E-state index contributed by atoms with van der Waals surface area (Å²) in [4.78, 5) is 20.9. The molecule has 0 bridgehead atoms. The highest BCUT2D eigenvalue weighted by Gasteiger charge is 2.11. The highest BCUT2D eigenvalue weighted by Crippen LogP contribution is 2.33. The van der Waals surface area contributed by atoms with Gasteiger partial charge in [0.1, 0.15) is 5.01 Å². The van der Waals surface area contributed by atoms with Crippen molar-refractivity contribution in [1.29, 1.82) is 0 Å². The first-order valence-electron chi connectivity index (χ1n) is 7.89. The molecule has 0 aliphatic heterocycles. The summed E-state index contributed by atoms with van der Waals surface area (Å²) in [7, 11) is 0. The van der Waals surface area contributed by atoms with E-state index < -0.39 is 0 Å². The Balaban J connectivity index is 1.61. The Hall–Kier alpha value is -3.05. The third kappa shape index (κ3) is 3.14. The lowest BCUT2D eigenvalue weighted by atomic mass is 10.1. The third-order valence-corrected chi connectivity index (χ3v) is 5.02. The molecule has 0 spiro atoms. The highest BCUT2D eigenvalue weighted by molar-refractivity contribution is 7.21. The van der Waals surface area contributed by atoms with Gasteiger partial charge in [0.05, 0.1) is 10.2 Å². The standard InChI is InChI=1S/C20H15N3OS/c1-13-12-15(22-19(24)14-8-10-21-11-9-14)6-7-16(13)20-23-17-4-2-3-5-18(17)25-20/h2-12H,1H3,(H,22,24). The number of rotatable bonds is 3. The molecule has 0 fully saturated rings. The van der Waals surface area contributed by atoms with Crippen molar-refractivity contribution in [3.63, 3.8) is 0 Å². The van der Waals surface area contributed by atoms with Gasteiger partial charge in [-0.25, -0.2) is 4.98 Å². The molecule has 0 unspecified atom stereocenters. The van der Waals surface area contributed by atoms with Crippen LogP contribution in [0.3, 0.4) is 0 Å². The Morgan fingerprint density at radius 2 is 1.84 bits per heavy atom. The number of amides is 1. The minimum absolute atomic E-state index is 0.144. The Morgan fingerprint density at radius 1 is 1.04 bits per heavy atom. The molecular weight excluding hydrogens is 330 g/mol. The van der Waals surface area contributed by atoms with Crippen molar-refractivity contribution >= 4 is 33.1 Å². The number of hydrogen-bond donors (Lipinski definition) is 1. The van der Waals surface area contributed by atoms with Crippen molar-refractivity contribution in [3.05, 3.63) is 78.1 Å². The van der Waals surface area contributed by atoms with Gasteiger partial charge in [-0.15, -0.1) is 11.3 Å². The topological polar surface area (TPSA) is 54.9 Å². The minimum atomic E-state index is -0.144. The van der Waals surface area contributed by atoms with Crippen LogP contribution in [-0.4, -0.2) is 15.9 Å². The fourth-order valence-electron chi connectivity index (χ4n) is 2.68. The Kier molecular flexibility index (Phi) is 3.99.